The number of carbonyl (C=O) groups excluding carboxylic acids is 1. The average Bonchev–Trinajstić information content (AvgIpc) is 3.49. The third kappa shape index (κ3) is 7.21. The summed E-state index contributed by atoms with van der Waals surface area (Å²) in [6.07, 6.45) is 6.41. The summed E-state index contributed by atoms with van der Waals surface area (Å²) in [7, 11) is 0. The van der Waals surface area contributed by atoms with E-state index in [0.717, 1.165) is 68.3 Å². The van der Waals surface area contributed by atoms with Crippen LogP contribution in [0.2, 0.25) is 0 Å². The van der Waals surface area contributed by atoms with Gasteiger partial charge in [0.15, 0.2) is 0 Å². The van der Waals surface area contributed by atoms with E-state index in [1.807, 2.05) is 53.4 Å². The Kier molecular flexibility index (Phi) is 9.40. The van der Waals surface area contributed by atoms with Crippen LogP contribution >= 0.6 is 0 Å². The maximum atomic E-state index is 14.3. The molecule has 1 aromatic heterocycles. The van der Waals surface area contributed by atoms with Gasteiger partial charge in [-0.3, -0.25) is 14.7 Å². The summed E-state index contributed by atoms with van der Waals surface area (Å²) < 4.78 is 11.5. The third-order valence-corrected chi connectivity index (χ3v) is 7.74. The summed E-state index contributed by atoms with van der Waals surface area (Å²) in [5, 5.41) is 0. The summed E-state index contributed by atoms with van der Waals surface area (Å²) in [5.41, 5.74) is 3.09. The quantitative estimate of drug-likeness (QED) is 0.349. The molecule has 0 bridgehead atoms. The number of aromatic nitrogens is 1. The lowest BCUT2D eigenvalue weighted by Gasteiger charge is -2.31. The Morgan fingerprint density at radius 1 is 0.974 bits per heavy atom. The second-order valence-electron chi connectivity index (χ2n) is 10.4. The normalized spacial score (nSPS) is 17.3. The van der Waals surface area contributed by atoms with Crippen LogP contribution < -0.4 is 4.74 Å². The number of hydrogen-bond acceptors (Lipinski definition) is 5. The molecule has 6 nitrogen and oxygen atoms in total. The lowest BCUT2D eigenvalue weighted by atomic mass is 9.83. The number of morpholine rings is 1. The summed E-state index contributed by atoms with van der Waals surface area (Å²) >= 11 is 0. The van der Waals surface area contributed by atoms with Crippen LogP contribution in [0.4, 0.5) is 0 Å². The van der Waals surface area contributed by atoms with Crippen molar-refractivity contribution >= 4 is 5.91 Å². The van der Waals surface area contributed by atoms with Gasteiger partial charge in [-0.15, -0.1) is 0 Å². The smallest absolute Gasteiger partial charge is 0.231 e. The Morgan fingerprint density at radius 2 is 1.76 bits per heavy atom. The van der Waals surface area contributed by atoms with Gasteiger partial charge in [0.1, 0.15) is 12.4 Å². The minimum Gasteiger partial charge on any atom is -0.492 e. The van der Waals surface area contributed by atoms with E-state index in [1.54, 1.807) is 6.20 Å². The predicted molar refractivity (Wildman–Crippen MR) is 149 cm³/mol. The van der Waals surface area contributed by atoms with Crippen molar-refractivity contribution in [3.05, 3.63) is 95.8 Å². The van der Waals surface area contributed by atoms with Crippen molar-refractivity contribution in [3.8, 4) is 5.75 Å². The van der Waals surface area contributed by atoms with Gasteiger partial charge in [-0.1, -0.05) is 61.4 Å². The second kappa shape index (κ2) is 13.5. The average molecular weight is 514 g/mol. The number of carbonyl (C=O) groups is 1. The molecule has 0 spiro atoms. The molecule has 38 heavy (non-hydrogen) atoms. The molecule has 1 aliphatic carbocycles. The Morgan fingerprint density at radius 3 is 2.53 bits per heavy atom. The van der Waals surface area contributed by atoms with E-state index in [-0.39, 0.29) is 11.8 Å². The number of rotatable bonds is 11. The van der Waals surface area contributed by atoms with E-state index in [2.05, 4.69) is 34.1 Å². The van der Waals surface area contributed by atoms with E-state index in [0.29, 0.717) is 25.6 Å². The first kappa shape index (κ1) is 26.4. The zero-order valence-corrected chi connectivity index (χ0v) is 22.2. The largest absolute Gasteiger partial charge is 0.492 e. The van der Waals surface area contributed by atoms with Crippen molar-refractivity contribution in [1.29, 1.82) is 0 Å². The number of ether oxygens (including phenoxy) is 2. The SMILES string of the molecule is O=C(C(c1ccccc1)C1CCCC1)N(Cc1cccc(OCCN2CCOCC2)c1)Cc1ccccn1. The highest BCUT2D eigenvalue weighted by Crippen LogP contribution is 2.39. The van der Waals surface area contributed by atoms with Crippen molar-refractivity contribution in [1.82, 2.24) is 14.8 Å². The molecule has 1 atom stereocenters. The van der Waals surface area contributed by atoms with Gasteiger partial charge in [-0.25, -0.2) is 0 Å². The van der Waals surface area contributed by atoms with Gasteiger partial charge in [-0.2, -0.15) is 0 Å². The number of amides is 1. The summed E-state index contributed by atoms with van der Waals surface area (Å²) in [5.74, 6) is 1.28. The fraction of sp³-hybridized carbons (Fsp3) is 0.438. The molecule has 1 aliphatic heterocycles. The highest BCUT2D eigenvalue weighted by molar-refractivity contribution is 5.84. The molecule has 3 aromatic rings. The molecule has 2 heterocycles. The third-order valence-electron chi connectivity index (χ3n) is 7.74. The van der Waals surface area contributed by atoms with Crippen molar-refractivity contribution in [2.75, 3.05) is 39.5 Å². The van der Waals surface area contributed by atoms with E-state index < -0.39 is 0 Å². The van der Waals surface area contributed by atoms with Crippen LogP contribution in [0.1, 0.15) is 48.4 Å². The zero-order valence-electron chi connectivity index (χ0n) is 22.2. The number of benzene rings is 2. The minimum absolute atomic E-state index is 0.129. The minimum atomic E-state index is -0.129. The van der Waals surface area contributed by atoms with Crippen LogP contribution in [0.5, 0.6) is 5.75 Å². The second-order valence-corrected chi connectivity index (χ2v) is 10.4. The molecule has 1 saturated carbocycles. The number of pyridine rings is 1. The van der Waals surface area contributed by atoms with Crippen LogP contribution in [-0.4, -0.2) is 60.1 Å². The van der Waals surface area contributed by atoms with Gasteiger partial charge >= 0.3 is 0 Å². The Bertz CT molecular complexity index is 1130. The lowest BCUT2D eigenvalue weighted by molar-refractivity contribution is -0.135. The van der Waals surface area contributed by atoms with Crippen LogP contribution in [0.3, 0.4) is 0 Å². The first-order chi connectivity index (χ1) is 18.8. The standard InChI is InChI=1S/C32H39N3O3/c36-32(31(28-12-4-5-13-28)27-10-2-1-3-11-27)35(25-29-14-6-7-16-33-29)24-26-9-8-15-30(23-26)38-22-19-34-17-20-37-21-18-34/h1-3,6-11,14-16,23,28,31H,4-5,12-13,17-22,24-25H2. The highest BCUT2D eigenvalue weighted by Gasteiger charge is 2.35. The number of hydrogen-bond donors (Lipinski definition) is 0. The first-order valence-electron chi connectivity index (χ1n) is 14.0. The van der Waals surface area contributed by atoms with Crippen molar-refractivity contribution in [2.24, 2.45) is 5.92 Å². The molecule has 1 unspecified atom stereocenters. The Labute approximate surface area is 226 Å². The van der Waals surface area contributed by atoms with Gasteiger partial charge in [0.05, 0.1) is 31.4 Å². The van der Waals surface area contributed by atoms with Gasteiger partial charge in [0.25, 0.3) is 0 Å². The molecule has 0 radical (unpaired) electrons. The molecule has 1 amide bonds. The van der Waals surface area contributed by atoms with Gasteiger partial charge in [0.2, 0.25) is 5.91 Å². The first-order valence-corrected chi connectivity index (χ1v) is 14.0. The lowest BCUT2D eigenvalue weighted by Crippen LogP contribution is -2.38. The van der Waals surface area contributed by atoms with Crippen LogP contribution in [-0.2, 0) is 22.6 Å². The molecule has 6 heteroatoms. The molecule has 1 saturated heterocycles. The maximum Gasteiger partial charge on any atom is 0.231 e. The molecule has 2 aromatic carbocycles. The summed E-state index contributed by atoms with van der Waals surface area (Å²) in [4.78, 5) is 23.2. The molecular weight excluding hydrogens is 474 g/mol. The maximum absolute atomic E-state index is 14.3. The van der Waals surface area contributed by atoms with Crippen molar-refractivity contribution < 1.29 is 14.3 Å². The van der Waals surface area contributed by atoms with Gasteiger partial charge < -0.3 is 14.4 Å². The van der Waals surface area contributed by atoms with E-state index >= 15 is 0 Å². The van der Waals surface area contributed by atoms with Crippen molar-refractivity contribution in [3.63, 3.8) is 0 Å². The van der Waals surface area contributed by atoms with Gasteiger partial charge in [-0.05, 0) is 54.2 Å². The fourth-order valence-corrected chi connectivity index (χ4v) is 5.73. The summed E-state index contributed by atoms with van der Waals surface area (Å²) in [6.45, 7) is 6.02. The fourth-order valence-electron chi connectivity index (χ4n) is 5.73. The summed E-state index contributed by atoms with van der Waals surface area (Å²) in [6, 6.07) is 24.4. The van der Waals surface area contributed by atoms with Crippen LogP contribution in [0, 0.1) is 5.92 Å². The highest BCUT2D eigenvalue weighted by atomic mass is 16.5. The molecule has 2 aliphatic rings. The molecule has 5 rings (SSSR count). The van der Waals surface area contributed by atoms with Crippen molar-refractivity contribution in [2.45, 2.75) is 44.7 Å². The predicted octanol–water partition coefficient (Wildman–Crippen LogP) is 5.30. The van der Waals surface area contributed by atoms with E-state index in [1.165, 1.54) is 12.8 Å². The Hall–Kier alpha value is -3.22. The Balaban J connectivity index is 1.33. The van der Waals surface area contributed by atoms with Crippen LogP contribution in [0.15, 0.2) is 79.0 Å². The zero-order chi connectivity index (χ0) is 26.0. The van der Waals surface area contributed by atoms with Gasteiger partial charge in [0, 0.05) is 32.4 Å². The number of nitrogens with zero attached hydrogens (tertiary/aromatic N) is 3. The topological polar surface area (TPSA) is 54.9 Å². The molecular formula is C32H39N3O3. The van der Waals surface area contributed by atoms with E-state index in [9.17, 15) is 4.79 Å². The molecule has 2 fully saturated rings. The molecule has 200 valence electrons. The van der Waals surface area contributed by atoms with Crippen LogP contribution in [0.25, 0.3) is 0 Å². The monoisotopic (exact) mass is 513 g/mol. The van der Waals surface area contributed by atoms with E-state index in [4.69, 9.17) is 9.47 Å². The molecule has 0 N–H and O–H groups in total.